The van der Waals surface area contributed by atoms with Crippen LogP contribution in [-0.2, 0) is 0 Å². The third kappa shape index (κ3) is 4.09. The quantitative estimate of drug-likeness (QED) is 0.680. The van der Waals surface area contributed by atoms with Crippen LogP contribution in [0, 0.1) is 12.7 Å². The van der Waals surface area contributed by atoms with Gasteiger partial charge < -0.3 is 0 Å². The Balaban J connectivity index is 1.79. The summed E-state index contributed by atoms with van der Waals surface area (Å²) in [5.41, 5.74) is 7.97. The topological polar surface area (TPSA) is 76.0 Å². The van der Waals surface area contributed by atoms with Crippen LogP contribution < -0.4 is 10.9 Å². The SMILES string of the molecule is Cc1ccc(C(=O)NNC(=O)c2cnn(-c3ccc(F)cc3)c2C(C)C)cc1. The highest BCUT2D eigenvalue weighted by Crippen LogP contribution is 2.23. The molecule has 0 fully saturated rings. The van der Waals surface area contributed by atoms with Gasteiger partial charge in [-0.25, -0.2) is 9.07 Å². The number of amides is 2. The molecule has 0 saturated heterocycles. The minimum absolute atomic E-state index is 0.0268. The molecule has 0 saturated carbocycles. The molecule has 0 unspecified atom stereocenters. The van der Waals surface area contributed by atoms with E-state index >= 15 is 0 Å². The van der Waals surface area contributed by atoms with Crippen molar-refractivity contribution in [3.05, 3.63) is 82.9 Å². The largest absolute Gasteiger partial charge is 0.273 e. The normalized spacial score (nSPS) is 10.8. The zero-order valence-corrected chi connectivity index (χ0v) is 15.9. The van der Waals surface area contributed by atoms with E-state index in [4.69, 9.17) is 0 Å². The first-order valence-corrected chi connectivity index (χ1v) is 8.88. The van der Waals surface area contributed by atoms with Crippen LogP contribution in [-0.4, -0.2) is 21.6 Å². The zero-order valence-electron chi connectivity index (χ0n) is 15.9. The molecule has 28 heavy (non-hydrogen) atoms. The van der Waals surface area contributed by atoms with Crippen molar-refractivity contribution in [2.75, 3.05) is 0 Å². The number of nitrogens with one attached hydrogen (secondary N) is 2. The molecular formula is C21H21FN4O2. The highest BCUT2D eigenvalue weighted by atomic mass is 19.1. The van der Waals surface area contributed by atoms with Crippen LogP contribution in [0.5, 0.6) is 0 Å². The van der Waals surface area contributed by atoms with Crippen LogP contribution in [0.25, 0.3) is 5.69 Å². The number of hydrazine groups is 1. The smallest absolute Gasteiger partial charge is 0.267 e. The number of benzene rings is 2. The summed E-state index contributed by atoms with van der Waals surface area (Å²) in [7, 11) is 0. The lowest BCUT2D eigenvalue weighted by molar-refractivity contribution is 0.0846. The monoisotopic (exact) mass is 380 g/mol. The van der Waals surface area contributed by atoms with Gasteiger partial charge in [-0.1, -0.05) is 31.5 Å². The Morgan fingerprint density at radius 3 is 2.18 bits per heavy atom. The van der Waals surface area contributed by atoms with Crippen LogP contribution >= 0.6 is 0 Å². The maximum Gasteiger partial charge on any atom is 0.273 e. The van der Waals surface area contributed by atoms with Gasteiger partial charge in [-0.3, -0.25) is 20.4 Å². The van der Waals surface area contributed by atoms with E-state index in [1.54, 1.807) is 28.9 Å². The molecule has 3 aromatic rings. The molecule has 1 heterocycles. The van der Waals surface area contributed by atoms with Crippen molar-refractivity contribution >= 4 is 11.8 Å². The van der Waals surface area contributed by atoms with Gasteiger partial charge in [0.15, 0.2) is 0 Å². The molecule has 3 rings (SSSR count). The molecule has 1 aromatic heterocycles. The zero-order chi connectivity index (χ0) is 20.3. The first kappa shape index (κ1) is 19.3. The van der Waals surface area contributed by atoms with E-state index in [2.05, 4.69) is 16.0 Å². The number of carbonyl (C=O) groups excluding carboxylic acids is 2. The standard InChI is InChI=1S/C21H21FN4O2/c1-13(2)19-18(12-23-26(19)17-10-8-16(22)9-11-17)21(28)25-24-20(27)15-6-4-14(3)5-7-15/h4-13H,1-3H3,(H,24,27)(H,25,28). The second-order valence-electron chi connectivity index (χ2n) is 6.76. The first-order valence-electron chi connectivity index (χ1n) is 8.88. The number of aromatic nitrogens is 2. The van der Waals surface area contributed by atoms with Crippen molar-refractivity contribution in [2.45, 2.75) is 26.7 Å². The van der Waals surface area contributed by atoms with Crippen molar-refractivity contribution in [1.29, 1.82) is 0 Å². The number of halogens is 1. The average molecular weight is 380 g/mol. The molecule has 0 aliphatic carbocycles. The summed E-state index contributed by atoms with van der Waals surface area (Å²) in [5, 5.41) is 4.27. The predicted molar refractivity (Wildman–Crippen MR) is 104 cm³/mol. The highest BCUT2D eigenvalue weighted by molar-refractivity contribution is 5.99. The Morgan fingerprint density at radius 1 is 0.964 bits per heavy atom. The maximum atomic E-state index is 13.2. The third-order valence-corrected chi connectivity index (χ3v) is 4.27. The predicted octanol–water partition coefficient (Wildman–Crippen LogP) is 3.52. The molecule has 0 atom stereocenters. The van der Waals surface area contributed by atoms with Crippen LogP contribution in [0.4, 0.5) is 4.39 Å². The van der Waals surface area contributed by atoms with Gasteiger partial charge in [0.2, 0.25) is 0 Å². The van der Waals surface area contributed by atoms with Gasteiger partial charge in [-0.15, -0.1) is 0 Å². The second-order valence-corrected chi connectivity index (χ2v) is 6.76. The lowest BCUT2D eigenvalue weighted by Crippen LogP contribution is -2.41. The molecule has 2 aromatic carbocycles. The number of hydrogen-bond acceptors (Lipinski definition) is 3. The molecule has 7 heteroatoms. The lowest BCUT2D eigenvalue weighted by atomic mass is 10.1. The van der Waals surface area contributed by atoms with Crippen molar-refractivity contribution in [3.63, 3.8) is 0 Å². The van der Waals surface area contributed by atoms with Crippen molar-refractivity contribution in [3.8, 4) is 5.69 Å². The Labute approximate surface area is 162 Å². The van der Waals surface area contributed by atoms with Crippen molar-refractivity contribution < 1.29 is 14.0 Å². The van der Waals surface area contributed by atoms with Gasteiger partial charge in [0.25, 0.3) is 11.8 Å². The summed E-state index contributed by atoms with van der Waals surface area (Å²) in [6.07, 6.45) is 1.44. The summed E-state index contributed by atoms with van der Waals surface area (Å²) in [6, 6.07) is 12.9. The summed E-state index contributed by atoms with van der Waals surface area (Å²) in [6.45, 7) is 5.78. The maximum absolute atomic E-state index is 13.2. The minimum atomic E-state index is -0.475. The van der Waals surface area contributed by atoms with Gasteiger partial charge in [0.05, 0.1) is 23.1 Å². The fourth-order valence-corrected chi connectivity index (χ4v) is 2.83. The van der Waals surface area contributed by atoms with Crippen molar-refractivity contribution in [2.24, 2.45) is 0 Å². The van der Waals surface area contributed by atoms with E-state index in [-0.39, 0.29) is 11.7 Å². The first-order chi connectivity index (χ1) is 13.4. The van der Waals surface area contributed by atoms with E-state index in [1.165, 1.54) is 18.3 Å². The van der Waals surface area contributed by atoms with Crippen LogP contribution in [0.2, 0.25) is 0 Å². The molecule has 2 amide bonds. The number of hydrogen-bond donors (Lipinski definition) is 2. The minimum Gasteiger partial charge on any atom is -0.267 e. The summed E-state index contributed by atoms with van der Waals surface area (Å²) in [5.74, 6) is -1.26. The molecule has 0 bridgehead atoms. The molecule has 0 aliphatic heterocycles. The summed E-state index contributed by atoms with van der Waals surface area (Å²) >= 11 is 0. The van der Waals surface area contributed by atoms with E-state index in [9.17, 15) is 14.0 Å². The number of rotatable bonds is 4. The second kappa shape index (κ2) is 8.04. The van der Waals surface area contributed by atoms with Gasteiger partial charge in [-0.05, 0) is 49.2 Å². The van der Waals surface area contributed by atoms with Gasteiger partial charge in [-0.2, -0.15) is 5.10 Å². The fourth-order valence-electron chi connectivity index (χ4n) is 2.83. The fraction of sp³-hybridized carbons (Fsp3) is 0.190. The van der Waals surface area contributed by atoms with Crippen LogP contribution in [0.3, 0.4) is 0 Å². The third-order valence-electron chi connectivity index (χ3n) is 4.27. The van der Waals surface area contributed by atoms with E-state index in [0.29, 0.717) is 22.5 Å². The molecule has 144 valence electrons. The highest BCUT2D eigenvalue weighted by Gasteiger charge is 2.21. The Bertz CT molecular complexity index is 992. The Kier molecular flexibility index (Phi) is 5.54. The van der Waals surface area contributed by atoms with E-state index < -0.39 is 11.8 Å². The Hall–Kier alpha value is -3.48. The summed E-state index contributed by atoms with van der Waals surface area (Å²) < 4.78 is 14.8. The van der Waals surface area contributed by atoms with E-state index in [1.807, 2.05) is 32.9 Å². The molecule has 0 aliphatic rings. The number of carbonyl (C=O) groups is 2. The number of aryl methyl sites for hydroxylation is 1. The molecular weight excluding hydrogens is 359 g/mol. The van der Waals surface area contributed by atoms with Gasteiger partial charge in [0.1, 0.15) is 5.82 Å². The van der Waals surface area contributed by atoms with Gasteiger partial charge in [0, 0.05) is 5.56 Å². The Morgan fingerprint density at radius 2 is 1.57 bits per heavy atom. The van der Waals surface area contributed by atoms with Gasteiger partial charge >= 0.3 is 0 Å². The average Bonchev–Trinajstić information content (AvgIpc) is 3.12. The lowest BCUT2D eigenvalue weighted by Gasteiger charge is -2.13. The number of nitrogens with zero attached hydrogens (tertiary/aromatic N) is 2. The molecule has 0 radical (unpaired) electrons. The van der Waals surface area contributed by atoms with Crippen LogP contribution in [0.15, 0.2) is 54.7 Å². The summed E-state index contributed by atoms with van der Waals surface area (Å²) in [4.78, 5) is 24.8. The van der Waals surface area contributed by atoms with Crippen molar-refractivity contribution in [1.82, 2.24) is 20.6 Å². The molecule has 0 spiro atoms. The van der Waals surface area contributed by atoms with E-state index in [0.717, 1.165) is 5.56 Å². The molecule has 2 N–H and O–H groups in total. The van der Waals surface area contributed by atoms with Crippen LogP contribution in [0.1, 0.15) is 51.7 Å². The molecule has 6 nitrogen and oxygen atoms in total.